The number of amides is 1. The molecule has 0 spiro atoms. The summed E-state index contributed by atoms with van der Waals surface area (Å²) >= 11 is 17.3. The molecule has 3 saturated carbocycles. The number of aromatic amines is 1. The summed E-state index contributed by atoms with van der Waals surface area (Å²) in [5.74, 6) is 4.05. The molecule has 3 aromatic carbocycles. The first kappa shape index (κ1) is 52.1. The van der Waals surface area contributed by atoms with Crippen molar-refractivity contribution in [3.63, 3.8) is 0 Å². The summed E-state index contributed by atoms with van der Waals surface area (Å²) in [4.78, 5) is 39.9. The predicted octanol–water partition coefficient (Wildman–Crippen LogP) is 9.83. The molecule has 3 fully saturated rings. The second kappa shape index (κ2) is 29.9. The number of rotatable bonds is 7. The number of nitrogens with zero attached hydrogens (tertiary/aromatic N) is 6. The molecule has 334 valence electrons. The molecular weight excluding hydrogens is 873 g/mol. The number of carbonyl (C=O) groups is 3. The maximum atomic E-state index is 11.9. The molecule has 2 heterocycles. The first-order valence-electron chi connectivity index (χ1n) is 20.8. The van der Waals surface area contributed by atoms with Gasteiger partial charge in [0.1, 0.15) is 12.7 Å². The maximum absolute atomic E-state index is 11.9. The van der Waals surface area contributed by atoms with Gasteiger partial charge in [0.05, 0.1) is 11.6 Å². The SMILES string of the molecule is C#CC(=O)NC1CCCC1.C#CC(=O)O.Clc1cccc(-c2ncn[nH]2)c1.N#Cc1cccc(Cl)c1.NC1CCCC1.O=C(/C=C\n1cnc(-c2cccc(Cl)c2)n1)CC1CCCC1. The van der Waals surface area contributed by atoms with Crippen LogP contribution in [0.2, 0.25) is 15.1 Å². The van der Waals surface area contributed by atoms with E-state index in [-0.39, 0.29) is 11.7 Å². The first-order chi connectivity index (χ1) is 30.9. The minimum absolute atomic E-state index is 0.159. The van der Waals surface area contributed by atoms with Gasteiger partial charge in [-0.15, -0.1) is 17.9 Å². The van der Waals surface area contributed by atoms with E-state index in [2.05, 4.69) is 37.0 Å². The zero-order valence-corrected chi connectivity index (χ0v) is 37.7. The van der Waals surface area contributed by atoms with Crippen molar-refractivity contribution in [3.8, 4) is 53.5 Å². The summed E-state index contributed by atoms with van der Waals surface area (Å²) in [6, 6.07) is 24.6. The third-order valence-electron chi connectivity index (χ3n) is 9.78. The number of H-pyrrole nitrogens is 1. The minimum Gasteiger partial charge on any atom is -0.472 e. The lowest BCUT2D eigenvalue weighted by atomic mass is 10.0. The van der Waals surface area contributed by atoms with Crippen molar-refractivity contribution in [1.29, 1.82) is 5.26 Å². The second-order valence-corrected chi connectivity index (χ2v) is 16.1. The number of aromatic nitrogens is 6. The van der Waals surface area contributed by atoms with Crippen molar-refractivity contribution >= 4 is 58.7 Å². The second-order valence-electron chi connectivity index (χ2n) is 14.8. The van der Waals surface area contributed by atoms with E-state index in [0.717, 1.165) is 29.8 Å². The monoisotopic (exact) mass is 923 g/mol. The van der Waals surface area contributed by atoms with E-state index in [1.165, 1.54) is 76.5 Å². The Labute approximate surface area is 389 Å². The van der Waals surface area contributed by atoms with E-state index in [1.807, 2.05) is 60.5 Å². The average molecular weight is 925 g/mol. The van der Waals surface area contributed by atoms with Crippen LogP contribution < -0.4 is 11.1 Å². The molecule has 8 rings (SSSR count). The largest absolute Gasteiger partial charge is 0.472 e. The van der Waals surface area contributed by atoms with Gasteiger partial charge < -0.3 is 16.2 Å². The number of nitriles is 1. The molecule has 3 aliphatic carbocycles. The highest BCUT2D eigenvalue weighted by atomic mass is 35.5. The molecule has 0 saturated heterocycles. The van der Waals surface area contributed by atoms with Crippen LogP contribution in [0.4, 0.5) is 0 Å². The summed E-state index contributed by atoms with van der Waals surface area (Å²) < 4.78 is 1.56. The fraction of sp³-hybridized carbons (Fsp3) is 0.333. The smallest absolute Gasteiger partial charge is 0.381 e. The van der Waals surface area contributed by atoms with Crippen LogP contribution >= 0.6 is 34.8 Å². The number of aliphatic carboxylic acids is 1. The average Bonchev–Trinajstić information content (AvgIpc) is 4.16. The van der Waals surface area contributed by atoms with Crippen molar-refractivity contribution in [1.82, 2.24) is 35.3 Å². The van der Waals surface area contributed by atoms with E-state index >= 15 is 0 Å². The lowest BCUT2D eigenvalue weighted by Crippen LogP contribution is -2.31. The number of benzene rings is 3. The number of nitrogens with one attached hydrogen (secondary N) is 2. The zero-order valence-electron chi connectivity index (χ0n) is 35.4. The van der Waals surface area contributed by atoms with Crippen molar-refractivity contribution in [2.75, 3.05) is 0 Å². The highest BCUT2D eigenvalue weighted by molar-refractivity contribution is 6.31. The van der Waals surface area contributed by atoms with E-state index in [1.54, 1.807) is 47.6 Å². The molecule has 0 radical (unpaired) electrons. The highest BCUT2D eigenvalue weighted by Crippen LogP contribution is 2.28. The quantitative estimate of drug-likeness (QED) is 0.0898. The molecule has 1 amide bonds. The van der Waals surface area contributed by atoms with Crippen molar-refractivity contribution in [2.45, 2.75) is 95.6 Å². The van der Waals surface area contributed by atoms with Crippen molar-refractivity contribution in [3.05, 3.63) is 112 Å². The molecule has 3 aliphatic rings. The number of hydrogen-bond donors (Lipinski definition) is 4. The van der Waals surface area contributed by atoms with Crippen LogP contribution in [-0.2, 0) is 14.4 Å². The van der Waals surface area contributed by atoms with Crippen LogP contribution in [-0.4, -0.2) is 64.8 Å². The van der Waals surface area contributed by atoms with Crippen LogP contribution in [0, 0.1) is 41.9 Å². The molecular formula is C48H52Cl3N9O4. The Hall–Kier alpha value is -6.27. The van der Waals surface area contributed by atoms with Gasteiger partial charge in [0.15, 0.2) is 17.4 Å². The highest BCUT2D eigenvalue weighted by Gasteiger charge is 2.17. The number of hydrogen-bond acceptors (Lipinski definition) is 9. The van der Waals surface area contributed by atoms with Gasteiger partial charge in [0.2, 0.25) is 0 Å². The maximum Gasteiger partial charge on any atom is 0.381 e. The number of allylic oxidation sites excluding steroid dienone is 1. The van der Waals surface area contributed by atoms with Gasteiger partial charge >= 0.3 is 5.97 Å². The van der Waals surface area contributed by atoms with Gasteiger partial charge in [-0.1, -0.05) is 117 Å². The van der Waals surface area contributed by atoms with E-state index in [4.69, 9.17) is 62.1 Å². The first-order valence-corrected chi connectivity index (χ1v) is 21.9. The summed E-state index contributed by atoms with van der Waals surface area (Å²) in [5.41, 5.74) is 7.94. The molecule has 0 unspecified atom stereocenters. The number of terminal acetylenes is 2. The van der Waals surface area contributed by atoms with Crippen molar-refractivity contribution < 1.29 is 19.5 Å². The van der Waals surface area contributed by atoms with Gasteiger partial charge in [-0.25, -0.2) is 19.4 Å². The van der Waals surface area contributed by atoms with Crippen LogP contribution in [0.15, 0.2) is 91.5 Å². The Kier molecular flexibility index (Phi) is 24.4. The summed E-state index contributed by atoms with van der Waals surface area (Å²) in [5, 5.41) is 31.4. The van der Waals surface area contributed by atoms with Gasteiger partial charge in [-0.3, -0.25) is 14.7 Å². The molecule has 5 aromatic rings. The number of carboxylic acid groups (broad SMARTS) is 1. The van der Waals surface area contributed by atoms with Crippen LogP contribution in [0.3, 0.4) is 0 Å². The predicted molar refractivity (Wildman–Crippen MR) is 253 cm³/mol. The van der Waals surface area contributed by atoms with Gasteiger partial charge in [-0.2, -0.15) is 10.4 Å². The van der Waals surface area contributed by atoms with Crippen LogP contribution in [0.5, 0.6) is 0 Å². The third kappa shape index (κ3) is 21.7. The third-order valence-corrected chi connectivity index (χ3v) is 10.5. The van der Waals surface area contributed by atoms with E-state index in [9.17, 15) is 9.59 Å². The molecule has 13 nitrogen and oxygen atoms in total. The zero-order chi connectivity index (χ0) is 46.5. The standard InChI is InChI=1S/C17H18ClN3O.C8H6ClN3.C8H11NO.C7H4ClN.C5H11N.C3H2O2/c18-15-7-3-6-14(11-15)17-19-12-21(20-17)9-8-16(22)10-13-4-1-2-5-13;9-7-3-1-2-6(4-7)8-10-5-11-12-8;1-2-8(10)9-7-5-3-4-6-7;8-7-3-1-2-6(4-7)5-9;6-5-3-1-2-4-5;1-2-3(4)5/h3,6-9,11-13H,1-2,4-5,10H2;1-5H,(H,10,11,12);1,7H,3-6H2,(H,9,10);1-4H;5H,1-4,6H2;1H,(H,4,5)/b9-8-;;;;;. The van der Waals surface area contributed by atoms with Crippen LogP contribution in [0.1, 0.15) is 89.0 Å². The lowest BCUT2D eigenvalue weighted by Gasteiger charge is -2.07. The number of carboxylic acids is 1. The Morgan fingerprint density at radius 2 is 1.39 bits per heavy atom. The Morgan fingerprint density at radius 1 is 0.828 bits per heavy atom. The topological polar surface area (TPSA) is 206 Å². The lowest BCUT2D eigenvalue weighted by molar-refractivity contribution is -0.130. The normalized spacial score (nSPS) is 14.1. The van der Waals surface area contributed by atoms with E-state index < -0.39 is 5.97 Å². The molecule has 0 aliphatic heterocycles. The molecule has 0 atom stereocenters. The summed E-state index contributed by atoms with van der Waals surface area (Å²) in [6.07, 6.45) is 30.9. The molecule has 64 heavy (non-hydrogen) atoms. The number of ketones is 1. The number of nitrogens with two attached hydrogens (primary N) is 1. The molecule has 0 bridgehead atoms. The minimum atomic E-state index is -1.22. The fourth-order valence-corrected chi connectivity index (χ4v) is 7.20. The molecule has 16 heteroatoms. The number of halogens is 3. The number of carbonyl (C=O) groups excluding carboxylic acids is 2. The summed E-state index contributed by atoms with van der Waals surface area (Å²) in [7, 11) is 0. The molecule has 2 aromatic heterocycles. The van der Waals surface area contributed by atoms with Crippen LogP contribution in [0.25, 0.3) is 29.0 Å². The van der Waals surface area contributed by atoms with Gasteiger partial charge in [-0.05, 0) is 86.1 Å². The fourth-order valence-electron chi connectivity index (χ4n) is 6.63. The Balaban J connectivity index is 0.000000221. The van der Waals surface area contributed by atoms with E-state index in [0.29, 0.717) is 50.9 Å². The Bertz CT molecular complexity index is 2350. The van der Waals surface area contributed by atoms with Gasteiger partial charge in [0.25, 0.3) is 5.91 Å². The van der Waals surface area contributed by atoms with Gasteiger partial charge in [0, 0.05) is 56.8 Å². The molecule has 5 N–H and O–H groups in total. The summed E-state index contributed by atoms with van der Waals surface area (Å²) in [6.45, 7) is 0. The Morgan fingerprint density at radius 3 is 1.89 bits per heavy atom. The van der Waals surface area contributed by atoms with Crippen molar-refractivity contribution in [2.24, 2.45) is 11.7 Å².